The standard InChI is InChI=1S/C19H26O6/c1-5-9-24-19(21)11-15(20)13-25-16(6-2)10-14-7-8-17(22-3)12-18(14)23-4/h7-8,10,12H,5-6,9,11,13H2,1-4H3/b16-10+. The third-order valence-corrected chi connectivity index (χ3v) is 3.33. The number of Topliss-reactive ketones (excluding diaryl/α,β-unsaturated/α-hetero) is 1. The average molecular weight is 350 g/mol. The van der Waals surface area contributed by atoms with E-state index in [1.165, 1.54) is 0 Å². The minimum absolute atomic E-state index is 0.167. The Balaban J connectivity index is 2.68. The molecular weight excluding hydrogens is 324 g/mol. The lowest BCUT2D eigenvalue weighted by atomic mass is 10.1. The van der Waals surface area contributed by atoms with E-state index in [-0.39, 0.29) is 18.8 Å². The van der Waals surface area contributed by atoms with Crippen LogP contribution >= 0.6 is 0 Å². The minimum Gasteiger partial charge on any atom is -0.497 e. The largest absolute Gasteiger partial charge is 0.497 e. The summed E-state index contributed by atoms with van der Waals surface area (Å²) in [5.41, 5.74) is 0.815. The number of ketones is 1. The Hall–Kier alpha value is -2.50. The highest BCUT2D eigenvalue weighted by atomic mass is 16.5. The third kappa shape index (κ3) is 7.28. The molecule has 6 nitrogen and oxygen atoms in total. The summed E-state index contributed by atoms with van der Waals surface area (Å²) in [6.07, 6.45) is 2.86. The molecule has 0 saturated heterocycles. The second-order valence-corrected chi connectivity index (χ2v) is 5.30. The SMILES string of the molecule is CCCOC(=O)CC(=O)CO/C(=C/c1ccc(OC)cc1OC)CC. The summed E-state index contributed by atoms with van der Waals surface area (Å²) in [5, 5.41) is 0. The first-order chi connectivity index (χ1) is 12.0. The molecule has 0 atom stereocenters. The van der Waals surface area contributed by atoms with Crippen LogP contribution < -0.4 is 9.47 Å². The molecule has 1 rings (SSSR count). The summed E-state index contributed by atoms with van der Waals surface area (Å²) in [4.78, 5) is 23.2. The van der Waals surface area contributed by atoms with E-state index in [4.69, 9.17) is 18.9 Å². The van der Waals surface area contributed by atoms with Crippen LogP contribution in [-0.2, 0) is 19.1 Å². The number of carbonyl (C=O) groups excluding carboxylic acids is 2. The van der Waals surface area contributed by atoms with Crippen molar-refractivity contribution in [2.24, 2.45) is 0 Å². The normalized spacial score (nSPS) is 11.0. The molecule has 0 bridgehead atoms. The molecule has 0 radical (unpaired) electrons. The summed E-state index contributed by atoms with van der Waals surface area (Å²) in [7, 11) is 3.16. The van der Waals surface area contributed by atoms with Crippen LogP contribution in [0.4, 0.5) is 0 Å². The molecule has 0 aliphatic heterocycles. The van der Waals surface area contributed by atoms with Gasteiger partial charge in [-0.3, -0.25) is 9.59 Å². The molecule has 1 aromatic rings. The fraction of sp³-hybridized carbons (Fsp3) is 0.474. The van der Waals surface area contributed by atoms with Gasteiger partial charge in [0.25, 0.3) is 0 Å². The molecule has 25 heavy (non-hydrogen) atoms. The van der Waals surface area contributed by atoms with E-state index < -0.39 is 5.97 Å². The van der Waals surface area contributed by atoms with Crippen molar-refractivity contribution < 1.29 is 28.5 Å². The second kappa shape index (κ2) is 11.1. The smallest absolute Gasteiger partial charge is 0.313 e. The maximum absolute atomic E-state index is 11.8. The van der Waals surface area contributed by atoms with Gasteiger partial charge in [0.1, 0.15) is 24.5 Å². The van der Waals surface area contributed by atoms with Gasteiger partial charge in [0, 0.05) is 18.1 Å². The molecule has 0 aliphatic carbocycles. The summed E-state index contributed by atoms with van der Waals surface area (Å²) < 4.78 is 20.9. The minimum atomic E-state index is -0.519. The number of rotatable bonds is 11. The van der Waals surface area contributed by atoms with E-state index in [1.54, 1.807) is 26.4 Å². The van der Waals surface area contributed by atoms with E-state index in [0.717, 1.165) is 12.0 Å². The molecule has 0 amide bonds. The Labute approximate surface area is 148 Å². The first-order valence-corrected chi connectivity index (χ1v) is 8.26. The van der Waals surface area contributed by atoms with E-state index in [9.17, 15) is 9.59 Å². The molecule has 0 saturated carbocycles. The van der Waals surface area contributed by atoms with E-state index in [2.05, 4.69) is 0 Å². The van der Waals surface area contributed by atoms with Gasteiger partial charge in [0.2, 0.25) is 0 Å². The molecule has 6 heteroatoms. The quantitative estimate of drug-likeness (QED) is 0.346. The number of allylic oxidation sites excluding steroid dienone is 1. The van der Waals surface area contributed by atoms with E-state index in [1.807, 2.05) is 26.0 Å². The van der Waals surface area contributed by atoms with Crippen molar-refractivity contribution in [2.75, 3.05) is 27.4 Å². The zero-order valence-electron chi connectivity index (χ0n) is 15.3. The van der Waals surface area contributed by atoms with Crippen LogP contribution in [0.15, 0.2) is 24.0 Å². The van der Waals surface area contributed by atoms with Crippen LogP contribution in [0.1, 0.15) is 38.7 Å². The van der Waals surface area contributed by atoms with Gasteiger partial charge < -0.3 is 18.9 Å². The first-order valence-electron chi connectivity index (χ1n) is 8.26. The van der Waals surface area contributed by atoms with Crippen molar-refractivity contribution in [3.05, 3.63) is 29.5 Å². The van der Waals surface area contributed by atoms with Crippen molar-refractivity contribution in [2.45, 2.75) is 33.1 Å². The van der Waals surface area contributed by atoms with Gasteiger partial charge in [-0.15, -0.1) is 0 Å². The number of esters is 1. The van der Waals surface area contributed by atoms with Crippen molar-refractivity contribution in [1.29, 1.82) is 0 Å². The average Bonchev–Trinajstić information content (AvgIpc) is 2.63. The van der Waals surface area contributed by atoms with Crippen LogP contribution in [0.2, 0.25) is 0 Å². The zero-order chi connectivity index (χ0) is 18.7. The summed E-state index contributed by atoms with van der Waals surface area (Å²) >= 11 is 0. The van der Waals surface area contributed by atoms with Crippen LogP contribution in [-0.4, -0.2) is 39.2 Å². The van der Waals surface area contributed by atoms with Gasteiger partial charge in [-0.05, 0) is 24.6 Å². The molecule has 0 heterocycles. The molecule has 0 aromatic heterocycles. The molecule has 1 aromatic carbocycles. The highest BCUT2D eigenvalue weighted by Crippen LogP contribution is 2.27. The fourth-order valence-electron chi connectivity index (χ4n) is 2.01. The molecule has 0 N–H and O–H groups in total. The lowest BCUT2D eigenvalue weighted by Gasteiger charge is -2.11. The van der Waals surface area contributed by atoms with E-state index in [0.29, 0.717) is 30.3 Å². The monoisotopic (exact) mass is 350 g/mol. The van der Waals surface area contributed by atoms with Crippen molar-refractivity contribution in [1.82, 2.24) is 0 Å². The Kier molecular flexibility index (Phi) is 9.14. The molecule has 138 valence electrons. The maximum atomic E-state index is 11.8. The van der Waals surface area contributed by atoms with Crippen molar-refractivity contribution >= 4 is 17.8 Å². The molecule has 0 fully saturated rings. The first kappa shape index (κ1) is 20.5. The van der Waals surface area contributed by atoms with Crippen molar-refractivity contribution in [3.8, 4) is 11.5 Å². The number of methoxy groups -OCH3 is 2. The number of benzene rings is 1. The highest BCUT2D eigenvalue weighted by Gasteiger charge is 2.12. The number of hydrogen-bond donors (Lipinski definition) is 0. The Morgan fingerprint density at radius 3 is 2.44 bits per heavy atom. The molecule has 0 spiro atoms. The second-order valence-electron chi connectivity index (χ2n) is 5.30. The zero-order valence-corrected chi connectivity index (χ0v) is 15.3. The van der Waals surface area contributed by atoms with Gasteiger partial charge in [0.15, 0.2) is 5.78 Å². The molecular formula is C19H26O6. The van der Waals surface area contributed by atoms with Crippen LogP contribution in [0.5, 0.6) is 11.5 Å². The van der Waals surface area contributed by atoms with Gasteiger partial charge in [-0.1, -0.05) is 13.8 Å². The summed E-state index contributed by atoms with van der Waals surface area (Å²) in [6, 6.07) is 5.44. The van der Waals surface area contributed by atoms with Crippen molar-refractivity contribution in [3.63, 3.8) is 0 Å². The van der Waals surface area contributed by atoms with Crippen LogP contribution in [0.25, 0.3) is 6.08 Å². The van der Waals surface area contributed by atoms with Gasteiger partial charge in [-0.25, -0.2) is 0 Å². The lowest BCUT2D eigenvalue weighted by molar-refractivity contribution is -0.146. The molecule has 0 aliphatic rings. The summed E-state index contributed by atoms with van der Waals surface area (Å²) in [5.74, 6) is 1.12. The van der Waals surface area contributed by atoms with Gasteiger partial charge in [0.05, 0.1) is 26.6 Å². The Morgan fingerprint density at radius 2 is 1.84 bits per heavy atom. The number of carbonyl (C=O) groups is 2. The number of ether oxygens (including phenoxy) is 4. The summed E-state index contributed by atoms with van der Waals surface area (Å²) in [6.45, 7) is 3.97. The predicted octanol–water partition coefficient (Wildman–Crippen LogP) is 3.38. The highest BCUT2D eigenvalue weighted by molar-refractivity contribution is 5.96. The molecule has 0 unspecified atom stereocenters. The topological polar surface area (TPSA) is 71.1 Å². The van der Waals surface area contributed by atoms with Gasteiger partial charge >= 0.3 is 5.97 Å². The van der Waals surface area contributed by atoms with Crippen LogP contribution in [0, 0.1) is 0 Å². The lowest BCUT2D eigenvalue weighted by Crippen LogP contribution is -2.16. The Morgan fingerprint density at radius 1 is 1.08 bits per heavy atom. The van der Waals surface area contributed by atoms with E-state index >= 15 is 0 Å². The fourth-order valence-corrected chi connectivity index (χ4v) is 2.01. The Bertz CT molecular complexity index is 606. The van der Waals surface area contributed by atoms with Crippen LogP contribution in [0.3, 0.4) is 0 Å². The third-order valence-electron chi connectivity index (χ3n) is 3.33. The van der Waals surface area contributed by atoms with Gasteiger partial charge in [-0.2, -0.15) is 0 Å². The maximum Gasteiger partial charge on any atom is 0.313 e. The predicted molar refractivity (Wildman–Crippen MR) is 94.6 cm³/mol. The number of hydrogen-bond acceptors (Lipinski definition) is 6.